The average molecular weight is 479 g/mol. The molecule has 0 saturated heterocycles. The van der Waals surface area contributed by atoms with Gasteiger partial charge in [-0.25, -0.2) is 4.98 Å². The van der Waals surface area contributed by atoms with Gasteiger partial charge in [0.1, 0.15) is 10.6 Å². The van der Waals surface area contributed by atoms with Crippen molar-refractivity contribution in [3.8, 4) is 11.4 Å². The molecule has 0 saturated carbocycles. The van der Waals surface area contributed by atoms with Gasteiger partial charge < -0.3 is 9.47 Å². The van der Waals surface area contributed by atoms with E-state index in [-0.39, 0.29) is 11.2 Å². The highest BCUT2D eigenvalue weighted by Gasteiger charge is 2.33. The van der Waals surface area contributed by atoms with Crippen LogP contribution in [0, 0.1) is 0 Å². The fourth-order valence-corrected chi connectivity index (χ4v) is 6.22. The zero-order valence-corrected chi connectivity index (χ0v) is 20.6. The summed E-state index contributed by atoms with van der Waals surface area (Å²) in [4.78, 5) is 20.9. The van der Waals surface area contributed by atoms with Gasteiger partial charge >= 0.3 is 0 Å². The normalized spacial score (nSPS) is 17.8. The van der Waals surface area contributed by atoms with Crippen molar-refractivity contribution in [1.82, 2.24) is 9.55 Å². The molecule has 0 spiro atoms. The van der Waals surface area contributed by atoms with E-state index in [0.717, 1.165) is 50.7 Å². The molecule has 0 amide bonds. The van der Waals surface area contributed by atoms with Crippen LogP contribution in [0.1, 0.15) is 36.3 Å². The van der Waals surface area contributed by atoms with Crippen molar-refractivity contribution in [3.63, 3.8) is 0 Å². The van der Waals surface area contributed by atoms with Crippen LogP contribution >= 0.6 is 23.1 Å². The maximum absolute atomic E-state index is 14.0. The van der Waals surface area contributed by atoms with Crippen LogP contribution in [0.3, 0.4) is 0 Å². The molecule has 33 heavy (non-hydrogen) atoms. The van der Waals surface area contributed by atoms with Crippen LogP contribution in [-0.2, 0) is 23.5 Å². The van der Waals surface area contributed by atoms with E-state index in [1.807, 2.05) is 42.5 Å². The Balaban J connectivity index is 1.66. The molecule has 0 N–H and O–H groups in total. The maximum atomic E-state index is 14.0. The van der Waals surface area contributed by atoms with Crippen LogP contribution in [0.5, 0.6) is 5.75 Å². The largest absolute Gasteiger partial charge is 0.497 e. The second-order valence-corrected chi connectivity index (χ2v) is 10.5. The molecular formula is C26H26N2O3S2. The average Bonchev–Trinajstić information content (AvgIpc) is 3.21. The number of methoxy groups -OCH3 is 1. The molecule has 170 valence electrons. The molecule has 0 bridgehead atoms. The number of benzene rings is 2. The van der Waals surface area contributed by atoms with Crippen molar-refractivity contribution in [2.75, 3.05) is 7.11 Å². The third-order valence-electron chi connectivity index (χ3n) is 6.27. The first-order chi connectivity index (χ1) is 16.0. The molecule has 5 rings (SSSR count). The second kappa shape index (κ2) is 8.97. The minimum absolute atomic E-state index is 0.0152. The molecule has 4 aromatic rings. The number of nitrogens with zero attached hydrogens (tertiary/aromatic N) is 2. The number of thioether (sulfide) groups is 1. The topological polar surface area (TPSA) is 53.4 Å². The van der Waals surface area contributed by atoms with Gasteiger partial charge in [-0.3, -0.25) is 9.36 Å². The van der Waals surface area contributed by atoms with E-state index in [0.29, 0.717) is 11.8 Å². The zero-order chi connectivity index (χ0) is 23.0. The highest BCUT2D eigenvalue weighted by atomic mass is 32.2. The van der Waals surface area contributed by atoms with Gasteiger partial charge in [0.25, 0.3) is 5.56 Å². The van der Waals surface area contributed by atoms with Crippen LogP contribution in [0.4, 0.5) is 0 Å². The van der Waals surface area contributed by atoms with Crippen LogP contribution in [0.15, 0.2) is 64.5 Å². The predicted octanol–water partition coefficient (Wildman–Crippen LogP) is 5.99. The van der Waals surface area contributed by atoms with E-state index in [1.54, 1.807) is 34.8 Å². The predicted molar refractivity (Wildman–Crippen MR) is 135 cm³/mol. The van der Waals surface area contributed by atoms with Crippen molar-refractivity contribution < 1.29 is 9.47 Å². The fraction of sp³-hybridized carbons (Fsp3) is 0.308. The molecule has 7 heteroatoms. The number of fused-ring (bicyclic) bond motifs is 3. The number of ether oxygens (including phenoxy) is 2. The summed E-state index contributed by atoms with van der Waals surface area (Å²) in [6.45, 7) is 4.79. The summed E-state index contributed by atoms with van der Waals surface area (Å²) < 4.78 is 13.2. The van der Waals surface area contributed by atoms with Crippen LogP contribution < -0.4 is 10.3 Å². The molecular weight excluding hydrogens is 452 g/mol. The zero-order valence-electron chi connectivity index (χ0n) is 19.0. The van der Waals surface area contributed by atoms with E-state index < -0.39 is 0 Å². The summed E-state index contributed by atoms with van der Waals surface area (Å²) in [6, 6.07) is 17.8. The second-order valence-electron chi connectivity index (χ2n) is 8.46. The Labute approximate surface area is 201 Å². The molecule has 1 aliphatic heterocycles. The Hall–Kier alpha value is -2.61. The van der Waals surface area contributed by atoms with Crippen LogP contribution in [-0.4, -0.2) is 22.3 Å². The van der Waals surface area contributed by atoms with Gasteiger partial charge in [0.15, 0.2) is 5.16 Å². The van der Waals surface area contributed by atoms with Gasteiger partial charge in [-0.15, -0.1) is 11.3 Å². The molecule has 0 fully saturated rings. The minimum atomic E-state index is -0.251. The number of aromatic nitrogens is 2. The molecule has 1 atom stereocenters. The summed E-state index contributed by atoms with van der Waals surface area (Å²) in [5.41, 5.74) is 2.81. The quantitative estimate of drug-likeness (QED) is 0.252. The summed E-state index contributed by atoms with van der Waals surface area (Å²) in [5, 5.41) is 1.43. The fourth-order valence-electron chi connectivity index (χ4n) is 4.11. The molecule has 0 unspecified atom stereocenters. The molecule has 2 aromatic heterocycles. The number of thiophene rings is 1. The van der Waals surface area contributed by atoms with E-state index in [4.69, 9.17) is 14.5 Å². The van der Waals surface area contributed by atoms with Crippen molar-refractivity contribution in [1.29, 1.82) is 0 Å². The smallest absolute Gasteiger partial charge is 0.267 e. The van der Waals surface area contributed by atoms with Crippen molar-refractivity contribution in [2.45, 2.75) is 49.8 Å². The third-order valence-corrected chi connectivity index (χ3v) is 8.38. The van der Waals surface area contributed by atoms with Gasteiger partial charge in [0, 0.05) is 17.1 Å². The van der Waals surface area contributed by atoms with E-state index in [9.17, 15) is 4.79 Å². The van der Waals surface area contributed by atoms with E-state index in [1.165, 1.54) is 5.56 Å². The maximum Gasteiger partial charge on any atom is 0.267 e. The molecule has 3 heterocycles. The standard InChI is InChI=1S/C26H26N2O3S2/c1-4-26(2)14-20-21(15-31-26)33-23-22(20)24(29)28(18-10-12-19(30-3)13-11-18)25(27-23)32-16-17-8-6-5-7-9-17/h5-13H,4,14-16H2,1-3H3/t26-/m0/s1. The van der Waals surface area contributed by atoms with E-state index in [2.05, 4.69) is 26.0 Å². The number of hydrogen-bond acceptors (Lipinski definition) is 6. The minimum Gasteiger partial charge on any atom is -0.497 e. The lowest BCUT2D eigenvalue weighted by Crippen LogP contribution is -2.34. The molecule has 5 nitrogen and oxygen atoms in total. The Morgan fingerprint density at radius 2 is 1.94 bits per heavy atom. The highest BCUT2D eigenvalue weighted by molar-refractivity contribution is 7.98. The lowest BCUT2D eigenvalue weighted by Gasteiger charge is -2.32. The number of rotatable bonds is 6. The van der Waals surface area contributed by atoms with Gasteiger partial charge in [-0.2, -0.15) is 0 Å². The summed E-state index contributed by atoms with van der Waals surface area (Å²) in [5.74, 6) is 1.49. The Morgan fingerprint density at radius 3 is 2.64 bits per heavy atom. The monoisotopic (exact) mass is 478 g/mol. The highest BCUT2D eigenvalue weighted by Crippen LogP contribution is 2.39. The first kappa shape index (κ1) is 22.2. The Bertz CT molecular complexity index is 1350. The Morgan fingerprint density at radius 1 is 1.18 bits per heavy atom. The van der Waals surface area contributed by atoms with Gasteiger partial charge in [-0.05, 0) is 48.7 Å². The SMILES string of the molecule is CC[C@@]1(C)Cc2c(sc3nc(SCc4ccccc4)n(-c4ccc(OC)cc4)c(=O)c23)CO1. The van der Waals surface area contributed by atoms with Crippen LogP contribution in [0.2, 0.25) is 0 Å². The summed E-state index contributed by atoms with van der Waals surface area (Å²) in [7, 11) is 1.64. The molecule has 1 aliphatic rings. The first-order valence-electron chi connectivity index (χ1n) is 11.0. The van der Waals surface area contributed by atoms with Crippen molar-refractivity contribution in [2.24, 2.45) is 0 Å². The van der Waals surface area contributed by atoms with Crippen molar-refractivity contribution in [3.05, 3.63) is 81.0 Å². The third kappa shape index (κ3) is 4.21. The molecule has 2 aromatic carbocycles. The Kier molecular flexibility index (Phi) is 6.03. The molecule has 0 radical (unpaired) electrons. The lowest BCUT2D eigenvalue weighted by molar-refractivity contribution is -0.0543. The van der Waals surface area contributed by atoms with Crippen LogP contribution in [0.25, 0.3) is 15.9 Å². The van der Waals surface area contributed by atoms with E-state index >= 15 is 0 Å². The summed E-state index contributed by atoms with van der Waals surface area (Å²) >= 11 is 3.17. The van der Waals surface area contributed by atoms with Gasteiger partial charge in [0.05, 0.1) is 30.4 Å². The first-order valence-corrected chi connectivity index (χ1v) is 12.8. The number of hydrogen-bond donors (Lipinski definition) is 0. The van der Waals surface area contributed by atoms with Gasteiger partial charge in [0.2, 0.25) is 0 Å². The molecule has 0 aliphatic carbocycles. The lowest BCUT2D eigenvalue weighted by atomic mass is 9.90. The van der Waals surface area contributed by atoms with Crippen molar-refractivity contribution >= 4 is 33.3 Å². The van der Waals surface area contributed by atoms with Gasteiger partial charge in [-0.1, -0.05) is 49.0 Å². The summed E-state index contributed by atoms with van der Waals surface area (Å²) in [6.07, 6.45) is 1.63.